The molecule has 3 fully saturated rings. The van der Waals surface area contributed by atoms with Crippen molar-refractivity contribution in [1.29, 1.82) is 0 Å². The number of benzene rings is 2. The van der Waals surface area contributed by atoms with Gasteiger partial charge in [0, 0.05) is 19.1 Å². The topological polar surface area (TPSA) is 100 Å². The SMILES string of the molecule is CCOc1cc(C(=O)N2C3CCC34OCC24)c(F)cc1C(=O)NC[C@@H](O)[C@@H]1Cc2ccccc2CN1. The van der Waals surface area contributed by atoms with Gasteiger partial charge < -0.3 is 30.1 Å². The molecule has 6 rings (SSSR count). The number of aliphatic hydroxyl groups excluding tert-OH is 1. The molecule has 0 aromatic heterocycles. The summed E-state index contributed by atoms with van der Waals surface area (Å²) < 4.78 is 26.5. The van der Waals surface area contributed by atoms with Crippen LogP contribution in [0.1, 0.15) is 51.6 Å². The van der Waals surface area contributed by atoms with E-state index in [0.717, 1.165) is 18.9 Å². The van der Waals surface area contributed by atoms with Crippen LogP contribution in [0.5, 0.6) is 5.75 Å². The van der Waals surface area contributed by atoms with E-state index in [2.05, 4.69) is 16.7 Å². The van der Waals surface area contributed by atoms with Gasteiger partial charge in [0.05, 0.1) is 42.5 Å². The molecule has 2 saturated heterocycles. The van der Waals surface area contributed by atoms with Crippen molar-refractivity contribution < 1.29 is 28.6 Å². The van der Waals surface area contributed by atoms with Crippen molar-refractivity contribution in [1.82, 2.24) is 15.5 Å². The molecule has 9 heteroatoms. The van der Waals surface area contributed by atoms with Gasteiger partial charge in [-0.1, -0.05) is 24.3 Å². The van der Waals surface area contributed by atoms with Crippen LogP contribution in [0.3, 0.4) is 0 Å². The third-order valence-electron chi connectivity index (χ3n) is 8.25. The number of ether oxygens (including phenoxy) is 2. The number of fused-ring (bicyclic) bond motifs is 1. The Hall–Kier alpha value is -3.01. The van der Waals surface area contributed by atoms with Gasteiger partial charge in [0.1, 0.15) is 17.2 Å². The molecule has 3 N–H and O–H groups in total. The van der Waals surface area contributed by atoms with Gasteiger partial charge in [-0.3, -0.25) is 9.59 Å². The number of amides is 2. The first-order valence-electron chi connectivity index (χ1n) is 12.6. The van der Waals surface area contributed by atoms with E-state index in [1.54, 1.807) is 11.8 Å². The van der Waals surface area contributed by atoms with Crippen LogP contribution in [0.2, 0.25) is 0 Å². The van der Waals surface area contributed by atoms with Crippen LogP contribution in [0.25, 0.3) is 0 Å². The van der Waals surface area contributed by atoms with Crippen molar-refractivity contribution >= 4 is 11.8 Å². The molecule has 8 nitrogen and oxygen atoms in total. The third-order valence-corrected chi connectivity index (χ3v) is 8.25. The Bertz CT molecular complexity index is 1200. The molecular weight excluding hydrogens is 465 g/mol. The van der Waals surface area contributed by atoms with Gasteiger partial charge in [-0.2, -0.15) is 0 Å². The summed E-state index contributed by atoms with van der Waals surface area (Å²) >= 11 is 0. The first-order chi connectivity index (χ1) is 17.4. The standard InChI is InChI=1S/C27H30FN3O5/c1-2-35-22-11-17(26(34)31-23-7-8-27(23)24(31)14-36-27)19(28)10-18(22)25(33)30-13-21(32)20-9-15-5-3-4-6-16(15)12-29-20/h3-6,10-11,20-21,23-24,29,32H,2,7-9,12-14H2,1H3,(H,30,33)/t20-,21+,23?,24?,27?/m0/s1. The molecule has 2 aromatic carbocycles. The van der Waals surface area contributed by atoms with E-state index in [-0.39, 0.29) is 53.8 Å². The molecule has 2 aromatic rings. The summed E-state index contributed by atoms with van der Waals surface area (Å²) in [5, 5.41) is 16.7. The summed E-state index contributed by atoms with van der Waals surface area (Å²) in [6.07, 6.45) is 1.61. The smallest absolute Gasteiger partial charge is 0.257 e. The van der Waals surface area contributed by atoms with Crippen LogP contribution in [-0.2, 0) is 17.7 Å². The van der Waals surface area contributed by atoms with Crippen molar-refractivity contribution in [2.24, 2.45) is 0 Å². The first kappa shape index (κ1) is 23.4. The number of morpholine rings is 1. The highest BCUT2D eigenvalue weighted by molar-refractivity contribution is 6.01. The summed E-state index contributed by atoms with van der Waals surface area (Å²) in [5.74, 6) is -1.59. The van der Waals surface area contributed by atoms with Crippen LogP contribution in [0.4, 0.5) is 4.39 Å². The fraction of sp³-hybridized carbons (Fsp3) is 0.481. The Balaban J connectivity index is 1.14. The lowest BCUT2D eigenvalue weighted by atomic mass is 9.57. The fourth-order valence-corrected chi connectivity index (χ4v) is 6.09. The summed E-state index contributed by atoms with van der Waals surface area (Å²) in [4.78, 5) is 27.9. The summed E-state index contributed by atoms with van der Waals surface area (Å²) in [6, 6.07) is 10.2. The van der Waals surface area contributed by atoms with Crippen molar-refractivity contribution in [2.45, 2.75) is 62.6 Å². The molecule has 36 heavy (non-hydrogen) atoms. The molecule has 4 aliphatic rings. The van der Waals surface area contributed by atoms with Gasteiger partial charge in [-0.05, 0) is 49.4 Å². The van der Waals surface area contributed by atoms with Gasteiger partial charge in [-0.25, -0.2) is 4.39 Å². The number of aliphatic hydroxyl groups is 1. The Kier molecular flexibility index (Phi) is 5.74. The van der Waals surface area contributed by atoms with Gasteiger partial charge in [0.2, 0.25) is 0 Å². The number of halogens is 1. The molecule has 190 valence electrons. The maximum Gasteiger partial charge on any atom is 0.257 e. The maximum absolute atomic E-state index is 15.1. The summed E-state index contributed by atoms with van der Waals surface area (Å²) in [5.41, 5.74) is 2.05. The number of hydrogen-bond acceptors (Lipinski definition) is 6. The lowest BCUT2D eigenvalue weighted by molar-refractivity contribution is -0.351. The van der Waals surface area contributed by atoms with E-state index >= 15 is 4.39 Å². The van der Waals surface area contributed by atoms with Crippen molar-refractivity contribution in [3.05, 3.63) is 64.5 Å². The normalized spacial score (nSPS) is 28.3. The maximum atomic E-state index is 15.1. The monoisotopic (exact) mass is 495 g/mol. The van der Waals surface area contributed by atoms with Crippen LogP contribution in [-0.4, -0.2) is 71.4 Å². The van der Waals surface area contributed by atoms with Gasteiger partial charge in [0.25, 0.3) is 11.8 Å². The molecule has 3 unspecified atom stereocenters. The minimum absolute atomic E-state index is 0.00326. The van der Waals surface area contributed by atoms with E-state index in [4.69, 9.17) is 9.47 Å². The van der Waals surface area contributed by atoms with E-state index in [1.807, 2.05) is 18.2 Å². The molecule has 1 spiro atoms. The number of nitrogens with zero attached hydrogens (tertiary/aromatic N) is 1. The van der Waals surface area contributed by atoms with Crippen LogP contribution in [0, 0.1) is 5.82 Å². The number of nitrogens with one attached hydrogen (secondary N) is 2. The highest BCUT2D eigenvalue weighted by Gasteiger charge is 2.74. The minimum Gasteiger partial charge on any atom is -0.493 e. The fourth-order valence-electron chi connectivity index (χ4n) is 6.09. The first-order valence-corrected chi connectivity index (χ1v) is 12.6. The predicted octanol–water partition coefficient (Wildman–Crippen LogP) is 1.79. The Morgan fingerprint density at radius 1 is 1.28 bits per heavy atom. The second-order valence-corrected chi connectivity index (χ2v) is 10.0. The van der Waals surface area contributed by atoms with E-state index < -0.39 is 23.7 Å². The number of carbonyl (C=O) groups is 2. The average molecular weight is 496 g/mol. The molecule has 3 aliphatic heterocycles. The zero-order valence-corrected chi connectivity index (χ0v) is 20.1. The predicted molar refractivity (Wildman–Crippen MR) is 128 cm³/mol. The molecule has 5 atom stereocenters. The van der Waals surface area contributed by atoms with E-state index in [9.17, 15) is 14.7 Å². The quantitative estimate of drug-likeness (QED) is 0.542. The molecule has 0 radical (unpaired) electrons. The number of likely N-dealkylation sites (tertiary alicyclic amines) is 1. The lowest BCUT2D eigenvalue weighted by Crippen LogP contribution is -2.90. The third kappa shape index (κ3) is 3.52. The largest absolute Gasteiger partial charge is 0.493 e. The summed E-state index contributed by atoms with van der Waals surface area (Å²) in [6.45, 7) is 3.12. The van der Waals surface area contributed by atoms with Gasteiger partial charge in [-0.15, -0.1) is 0 Å². The highest BCUT2D eigenvalue weighted by Crippen LogP contribution is 2.59. The Morgan fingerprint density at radius 2 is 2.08 bits per heavy atom. The van der Waals surface area contributed by atoms with Gasteiger partial charge in [0.15, 0.2) is 0 Å². The highest BCUT2D eigenvalue weighted by atomic mass is 19.1. The van der Waals surface area contributed by atoms with Crippen LogP contribution in [0.15, 0.2) is 36.4 Å². The zero-order chi connectivity index (χ0) is 25.0. The minimum atomic E-state index is -0.831. The van der Waals surface area contributed by atoms with Crippen LogP contribution >= 0.6 is 0 Å². The van der Waals surface area contributed by atoms with Crippen LogP contribution < -0.4 is 15.4 Å². The molecule has 1 aliphatic carbocycles. The van der Waals surface area contributed by atoms with E-state index in [0.29, 0.717) is 19.6 Å². The molecule has 1 saturated carbocycles. The number of hydrogen-bond donors (Lipinski definition) is 3. The number of piperidine rings is 1. The second-order valence-electron chi connectivity index (χ2n) is 10.0. The van der Waals surface area contributed by atoms with Crippen molar-refractivity contribution in [3.63, 3.8) is 0 Å². The van der Waals surface area contributed by atoms with Crippen molar-refractivity contribution in [2.75, 3.05) is 19.8 Å². The Labute approximate surface area is 208 Å². The summed E-state index contributed by atoms with van der Waals surface area (Å²) in [7, 11) is 0. The lowest BCUT2D eigenvalue weighted by Gasteiger charge is -2.75. The van der Waals surface area contributed by atoms with E-state index in [1.165, 1.54) is 17.2 Å². The Morgan fingerprint density at radius 3 is 2.75 bits per heavy atom. The zero-order valence-electron chi connectivity index (χ0n) is 20.1. The number of carbonyl (C=O) groups excluding carboxylic acids is 2. The molecule has 3 heterocycles. The molecule has 2 amide bonds. The average Bonchev–Trinajstić information content (AvgIpc) is 2.85. The van der Waals surface area contributed by atoms with Gasteiger partial charge >= 0.3 is 0 Å². The second kappa shape index (κ2) is 8.83. The van der Waals surface area contributed by atoms with Crippen molar-refractivity contribution in [3.8, 4) is 5.75 Å². The molecule has 0 bridgehead atoms. The molecular formula is C27H30FN3O5. The number of rotatable bonds is 7.